The third-order valence-corrected chi connectivity index (χ3v) is 4.63. The van der Waals surface area contributed by atoms with Gasteiger partial charge >= 0.3 is 0 Å². The van der Waals surface area contributed by atoms with E-state index in [2.05, 4.69) is 19.2 Å². The second-order valence-electron chi connectivity index (χ2n) is 6.57. The number of hydrogen-bond donors (Lipinski definition) is 2. The Balaban J connectivity index is 1.78. The molecule has 5 nitrogen and oxygen atoms in total. The van der Waals surface area contributed by atoms with Crippen molar-refractivity contribution in [1.29, 1.82) is 0 Å². The van der Waals surface area contributed by atoms with Crippen LogP contribution in [0.2, 0.25) is 0 Å². The minimum atomic E-state index is 0.0241. The molecule has 3 N–H and O–H groups in total. The van der Waals surface area contributed by atoms with E-state index in [1.165, 1.54) is 6.42 Å². The maximum absolute atomic E-state index is 12.6. The number of nitrogen functional groups attached to an aromatic ring is 1. The van der Waals surface area contributed by atoms with E-state index in [0.717, 1.165) is 19.3 Å². The monoisotopic (exact) mass is 290 g/mol. The third-order valence-electron chi connectivity index (χ3n) is 4.63. The van der Waals surface area contributed by atoms with Crippen molar-refractivity contribution in [2.75, 3.05) is 17.8 Å². The molecule has 1 aliphatic heterocycles. The molecule has 1 unspecified atom stereocenters. The zero-order chi connectivity index (χ0) is 15.0. The topological polar surface area (TPSA) is 73.6 Å². The van der Waals surface area contributed by atoms with E-state index in [1.54, 1.807) is 12.1 Å². The Morgan fingerprint density at radius 1 is 1.29 bits per heavy atom. The van der Waals surface area contributed by atoms with E-state index in [1.807, 2.05) is 0 Å². The van der Waals surface area contributed by atoms with Gasteiger partial charge in [0.15, 0.2) is 11.5 Å². The first-order chi connectivity index (χ1) is 9.97. The van der Waals surface area contributed by atoms with Gasteiger partial charge in [0.2, 0.25) is 12.7 Å². The summed E-state index contributed by atoms with van der Waals surface area (Å²) in [6, 6.07) is 3.44. The molecule has 1 amide bonds. The summed E-state index contributed by atoms with van der Waals surface area (Å²) in [6.07, 6.45) is 4.33. The van der Waals surface area contributed by atoms with Gasteiger partial charge in [0.25, 0.3) is 0 Å². The summed E-state index contributed by atoms with van der Waals surface area (Å²) in [5.41, 5.74) is 7.13. The minimum Gasteiger partial charge on any atom is -0.454 e. The van der Waals surface area contributed by atoms with Gasteiger partial charge in [0, 0.05) is 18.1 Å². The van der Waals surface area contributed by atoms with Crippen molar-refractivity contribution >= 4 is 17.3 Å². The van der Waals surface area contributed by atoms with Gasteiger partial charge < -0.3 is 20.5 Å². The lowest BCUT2D eigenvalue weighted by Gasteiger charge is -2.37. The summed E-state index contributed by atoms with van der Waals surface area (Å²) in [5.74, 6) is 1.33. The molecule has 1 saturated carbocycles. The van der Waals surface area contributed by atoms with E-state index < -0.39 is 0 Å². The molecule has 0 radical (unpaired) electrons. The molecule has 0 bridgehead atoms. The number of amides is 1. The number of benzene rings is 1. The number of fused-ring (bicyclic) bond motifs is 1. The molecular weight excluding hydrogens is 268 g/mol. The lowest BCUT2D eigenvalue weighted by Crippen LogP contribution is -2.37. The number of hydrogen-bond acceptors (Lipinski definition) is 4. The highest BCUT2D eigenvalue weighted by Crippen LogP contribution is 2.42. The van der Waals surface area contributed by atoms with Crippen molar-refractivity contribution in [3.8, 4) is 11.5 Å². The third kappa shape index (κ3) is 2.64. The van der Waals surface area contributed by atoms with Crippen LogP contribution in [-0.2, 0) is 4.79 Å². The van der Waals surface area contributed by atoms with Crippen LogP contribution in [0.5, 0.6) is 11.5 Å². The summed E-state index contributed by atoms with van der Waals surface area (Å²) in [7, 11) is 0. The van der Waals surface area contributed by atoms with Crippen molar-refractivity contribution in [1.82, 2.24) is 0 Å². The predicted octanol–water partition coefficient (Wildman–Crippen LogP) is 3.15. The highest BCUT2D eigenvalue weighted by atomic mass is 16.7. The minimum absolute atomic E-state index is 0.0241. The van der Waals surface area contributed by atoms with E-state index in [0.29, 0.717) is 22.9 Å². The Hall–Kier alpha value is -1.91. The average Bonchev–Trinajstić information content (AvgIpc) is 2.85. The van der Waals surface area contributed by atoms with Crippen molar-refractivity contribution in [3.05, 3.63) is 12.1 Å². The quantitative estimate of drug-likeness (QED) is 0.821. The molecule has 1 aromatic rings. The Morgan fingerprint density at radius 3 is 2.71 bits per heavy atom. The number of ether oxygens (including phenoxy) is 2. The van der Waals surface area contributed by atoms with E-state index in [4.69, 9.17) is 15.2 Å². The molecule has 114 valence electrons. The average molecular weight is 290 g/mol. The Morgan fingerprint density at radius 2 is 2.00 bits per heavy atom. The number of anilines is 2. The molecule has 1 heterocycles. The SMILES string of the molecule is CC1(C)CCCCC1C(=O)Nc1cc2c(cc1N)OCO2. The fourth-order valence-electron chi connectivity index (χ4n) is 3.27. The lowest BCUT2D eigenvalue weighted by molar-refractivity contribution is -0.124. The van der Waals surface area contributed by atoms with Crippen molar-refractivity contribution < 1.29 is 14.3 Å². The fraction of sp³-hybridized carbons (Fsp3) is 0.562. The van der Waals surface area contributed by atoms with E-state index >= 15 is 0 Å². The Labute approximate surface area is 124 Å². The first kappa shape index (κ1) is 14.0. The van der Waals surface area contributed by atoms with Crippen LogP contribution in [-0.4, -0.2) is 12.7 Å². The summed E-state index contributed by atoms with van der Waals surface area (Å²) in [6.45, 7) is 4.53. The first-order valence-electron chi connectivity index (χ1n) is 7.47. The van der Waals surface area contributed by atoms with Crippen LogP contribution in [0.4, 0.5) is 11.4 Å². The standard InChI is InChI=1S/C16H22N2O3/c1-16(2)6-4-3-5-10(16)15(19)18-12-8-14-13(7-11(12)17)20-9-21-14/h7-8,10H,3-6,9,17H2,1-2H3,(H,18,19). The molecule has 5 heteroatoms. The zero-order valence-electron chi connectivity index (χ0n) is 12.6. The molecule has 2 aliphatic rings. The maximum Gasteiger partial charge on any atom is 0.231 e. The predicted molar refractivity (Wildman–Crippen MR) is 81.3 cm³/mol. The molecule has 1 atom stereocenters. The normalized spacial score (nSPS) is 22.9. The number of rotatable bonds is 2. The van der Waals surface area contributed by atoms with Gasteiger partial charge in [-0.25, -0.2) is 0 Å². The molecular formula is C16H22N2O3. The molecule has 1 fully saturated rings. The van der Waals surface area contributed by atoms with Crippen molar-refractivity contribution in [2.24, 2.45) is 11.3 Å². The molecule has 1 aromatic carbocycles. The van der Waals surface area contributed by atoms with Crippen molar-refractivity contribution in [2.45, 2.75) is 39.5 Å². The van der Waals surface area contributed by atoms with Gasteiger partial charge in [0.1, 0.15) is 0 Å². The van der Waals surface area contributed by atoms with Gasteiger partial charge in [-0.05, 0) is 18.3 Å². The van der Waals surface area contributed by atoms with Crippen LogP contribution in [0.3, 0.4) is 0 Å². The van der Waals surface area contributed by atoms with Crippen LogP contribution in [0.25, 0.3) is 0 Å². The fourth-order valence-corrected chi connectivity index (χ4v) is 3.27. The lowest BCUT2D eigenvalue weighted by atomic mass is 9.68. The first-order valence-corrected chi connectivity index (χ1v) is 7.47. The molecule has 3 rings (SSSR count). The molecule has 21 heavy (non-hydrogen) atoms. The Kier molecular flexibility index (Phi) is 3.43. The summed E-state index contributed by atoms with van der Waals surface area (Å²) in [4.78, 5) is 12.6. The maximum atomic E-state index is 12.6. The zero-order valence-corrected chi connectivity index (χ0v) is 12.6. The van der Waals surface area contributed by atoms with Gasteiger partial charge in [0.05, 0.1) is 11.4 Å². The second-order valence-corrected chi connectivity index (χ2v) is 6.57. The molecule has 0 saturated heterocycles. The van der Waals surface area contributed by atoms with Crippen LogP contribution >= 0.6 is 0 Å². The van der Waals surface area contributed by atoms with Crippen LogP contribution in [0.15, 0.2) is 12.1 Å². The number of carbonyl (C=O) groups excluding carboxylic acids is 1. The molecule has 0 aromatic heterocycles. The number of nitrogens with one attached hydrogen (secondary N) is 1. The highest BCUT2D eigenvalue weighted by molar-refractivity contribution is 5.96. The summed E-state index contributed by atoms with van der Waals surface area (Å²) < 4.78 is 10.6. The Bertz CT molecular complexity index is 569. The summed E-state index contributed by atoms with van der Waals surface area (Å²) in [5, 5.41) is 2.97. The van der Waals surface area contributed by atoms with Crippen molar-refractivity contribution in [3.63, 3.8) is 0 Å². The second kappa shape index (κ2) is 5.13. The van der Waals surface area contributed by atoms with Gasteiger partial charge in [-0.3, -0.25) is 4.79 Å². The highest BCUT2D eigenvalue weighted by Gasteiger charge is 2.37. The molecule has 1 aliphatic carbocycles. The van der Waals surface area contributed by atoms with Crippen LogP contribution in [0.1, 0.15) is 39.5 Å². The molecule has 0 spiro atoms. The van der Waals surface area contributed by atoms with Crippen LogP contribution in [0, 0.1) is 11.3 Å². The largest absolute Gasteiger partial charge is 0.454 e. The van der Waals surface area contributed by atoms with E-state index in [9.17, 15) is 4.79 Å². The number of nitrogens with two attached hydrogens (primary N) is 1. The van der Waals surface area contributed by atoms with Gasteiger partial charge in [-0.2, -0.15) is 0 Å². The smallest absolute Gasteiger partial charge is 0.231 e. The van der Waals surface area contributed by atoms with Crippen LogP contribution < -0.4 is 20.5 Å². The number of carbonyl (C=O) groups is 1. The summed E-state index contributed by atoms with van der Waals surface area (Å²) >= 11 is 0. The van der Waals surface area contributed by atoms with Gasteiger partial charge in [-0.1, -0.05) is 26.7 Å². The van der Waals surface area contributed by atoms with Gasteiger partial charge in [-0.15, -0.1) is 0 Å². The van der Waals surface area contributed by atoms with E-state index in [-0.39, 0.29) is 24.0 Å².